The van der Waals surface area contributed by atoms with Crippen LogP contribution in [0.1, 0.15) is 55.8 Å². The zero-order valence-electron chi connectivity index (χ0n) is 15.8. The maximum absolute atomic E-state index is 14.5. The highest BCUT2D eigenvalue weighted by atomic mass is 19.1. The van der Waals surface area contributed by atoms with Gasteiger partial charge < -0.3 is 20.7 Å². The summed E-state index contributed by atoms with van der Waals surface area (Å²) in [6.45, 7) is 2.46. The topological polar surface area (TPSA) is 79.5 Å². The lowest BCUT2D eigenvalue weighted by Gasteiger charge is -2.19. The van der Waals surface area contributed by atoms with Gasteiger partial charge in [-0.2, -0.15) is 0 Å². The van der Waals surface area contributed by atoms with Crippen LogP contribution < -0.4 is 16.0 Å². The number of halogens is 1. The molecule has 0 radical (unpaired) electrons. The quantitative estimate of drug-likeness (QED) is 0.576. The van der Waals surface area contributed by atoms with E-state index in [0.717, 1.165) is 32.2 Å². The van der Waals surface area contributed by atoms with Gasteiger partial charge in [0.25, 0.3) is 5.91 Å². The van der Waals surface area contributed by atoms with E-state index in [1.807, 2.05) is 0 Å². The summed E-state index contributed by atoms with van der Waals surface area (Å²) in [6, 6.07) is 3.20. The fourth-order valence-corrected chi connectivity index (χ4v) is 3.34. The van der Waals surface area contributed by atoms with Crippen molar-refractivity contribution in [3.05, 3.63) is 23.5 Å². The highest BCUT2D eigenvalue weighted by Crippen LogP contribution is 2.32. The van der Waals surface area contributed by atoms with E-state index in [2.05, 4.69) is 16.0 Å². The second-order valence-electron chi connectivity index (χ2n) is 7.32. The number of hydrogen-bond donors (Lipinski definition) is 3. The molecule has 1 aromatic carbocycles. The van der Waals surface area contributed by atoms with Crippen LogP contribution in [-0.4, -0.2) is 37.6 Å². The molecule has 1 amide bonds. The molecule has 0 spiro atoms. The van der Waals surface area contributed by atoms with Crippen molar-refractivity contribution >= 4 is 23.3 Å². The molecule has 6 nitrogen and oxygen atoms in total. The Kier molecular flexibility index (Phi) is 6.53. The van der Waals surface area contributed by atoms with Crippen LogP contribution >= 0.6 is 0 Å². The highest BCUT2D eigenvalue weighted by molar-refractivity contribution is 6.01. The first kappa shape index (κ1) is 19.5. The van der Waals surface area contributed by atoms with Gasteiger partial charge in [0.1, 0.15) is 12.4 Å². The summed E-state index contributed by atoms with van der Waals surface area (Å²) in [7, 11) is 0. The summed E-state index contributed by atoms with van der Waals surface area (Å²) in [5, 5.41) is 9.06. The second-order valence-corrected chi connectivity index (χ2v) is 7.32. The monoisotopic (exact) mass is 377 g/mol. The van der Waals surface area contributed by atoms with Crippen molar-refractivity contribution in [3.63, 3.8) is 0 Å². The van der Waals surface area contributed by atoms with E-state index in [9.17, 15) is 14.0 Å². The van der Waals surface area contributed by atoms with Crippen molar-refractivity contribution < 1.29 is 18.7 Å². The Morgan fingerprint density at radius 3 is 2.56 bits per heavy atom. The van der Waals surface area contributed by atoms with Crippen molar-refractivity contribution in [2.24, 2.45) is 5.92 Å². The lowest BCUT2D eigenvalue weighted by atomic mass is 10.1. The van der Waals surface area contributed by atoms with E-state index in [1.54, 1.807) is 13.0 Å². The van der Waals surface area contributed by atoms with E-state index >= 15 is 0 Å². The lowest BCUT2D eigenvalue weighted by molar-refractivity contribution is -0.141. The number of anilines is 2. The Morgan fingerprint density at radius 2 is 1.89 bits per heavy atom. The zero-order valence-corrected chi connectivity index (χ0v) is 15.8. The van der Waals surface area contributed by atoms with E-state index in [1.165, 1.54) is 18.9 Å². The molecule has 0 unspecified atom stereocenters. The molecule has 0 aliphatic heterocycles. The molecule has 0 saturated heterocycles. The molecule has 2 aliphatic rings. The normalized spacial score (nSPS) is 16.8. The lowest BCUT2D eigenvalue weighted by Crippen LogP contribution is -2.31. The van der Waals surface area contributed by atoms with Crippen molar-refractivity contribution in [1.82, 2.24) is 5.32 Å². The average molecular weight is 377 g/mol. The Morgan fingerprint density at radius 1 is 1.15 bits per heavy atom. The number of carbonyl (C=O) groups is 2. The highest BCUT2D eigenvalue weighted by Gasteiger charge is 2.23. The van der Waals surface area contributed by atoms with Gasteiger partial charge in [-0.1, -0.05) is 12.8 Å². The number of rotatable bonds is 9. The van der Waals surface area contributed by atoms with E-state index in [-0.39, 0.29) is 24.8 Å². The number of carbonyl (C=O) groups excluding carboxylic acids is 2. The molecule has 2 aliphatic carbocycles. The number of ether oxygens (including phenoxy) is 1. The summed E-state index contributed by atoms with van der Waals surface area (Å²) >= 11 is 0. The van der Waals surface area contributed by atoms with Crippen LogP contribution in [-0.2, 0) is 9.53 Å². The third kappa shape index (κ3) is 5.58. The van der Waals surface area contributed by atoms with Crippen LogP contribution in [0.2, 0.25) is 0 Å². The van der Waals surface area contributed by atoms with Crippen LogP contribution in [0.5, 0.6) is 0 Å². The molecule has 3 N–H and O–H groups in total. The Bertz CT molecular complexity index is 685. The minimum absolute atomic E-state index is 0.209. The first-order chi connectivity index (χ1) is 13.1. The third-order valence-electron chi connectivity index (χ3n) is 5.04. The average Bonchev–Trinajstić information content (AvgIpc) is 3.34. The molecule has 1 aromatic rings. The maximum Gasteiger partial charge on any atom is 0.325 e. The molecule has 3 rings (SSSR count). The minimum atomic E-state index is -0.514. The molecule has 2 fully saturated rings. The van der Waals surface area contributed by atoms with Crippen LogP contribution in [0.4, 0.5) is 15.8 Å². The molecular formula is C20H28FN3O3. The minimum Gasteiger partial charge on any atom is -0.465 e. The molecule has 27 heavy (non-hydrogen) atoms. The van der Waals surface area contributed by atoms with Gasteiger partial charge in [0, 0.05) is 18.3 Å². The molecular weight excluding hydrogens is 349 g/mol. The van der Waals surface area contributed by atoms with E-state index in [4.69, 9.17) is 4.74 Å². The summed E-state index contributed by atoms with van der Waals surface area (Å²) in [5.41, 5.74) is 1.22. The Balaban J connectivity index is 1.75. The first-order valence-corrected chi connectivity index (χ1v) is 9.84. The van der Waals surface area contributed by atoms with Crippen molar-refractivity contribution in [2.75, 3.05) is 30.3 Å². The number of esters is 1. The number of hydrogen-bond acceptors (Lipinski definition) is 5. The summed E-state index contributed by atoms with van der Waals surface area (Å²) in [5.74, 6) is -0.854. The van der Waals surface area contributed by atoms with Gasteiger partial charge in [-0.15, -0.1) is 0 Å². The SMILES string of the molecule is CCOC(=O)CNC(=O)c1cc(F)c(NCC2CC2)cc1NC1CCCC1. The molecule has 148 valence electrons. The van der Waals surface area contributed by atoms with Gasteiger partial charge in [0.2, 0.25) is 0 Å². The standard InChI is InChI=1S/C20H28FN3O3/c1-2-27-19(25)12-23-20(26)15-9-16(21)18(22-11-13-7-8-13)10-17(15)24-14-5-3-4-6-14/h9-10,13-14,22,24H,2-8,11-12H2,1H3,(H,23,26). The smallest absolute Gasteiger partial charge is 0.325 e. The van der Waals surface area contributed by atoms with Gasteiger partial charge in [0.05, 0.1) is 17.9 Å². The van der Waals surface area contributed by atoms with Crippen molar-refractivity contribution in [3.8, 4) is 0 Å². The Labute approximate surface area is 159 Å². The van der Waals surface area contributed by atoms with Crippen LogP contribution in [0.15, 0.2) is 12.1 Å². The van der Waals surface area contributed by atoms with Gasteiger partial charge in [-0.3, -0.25) is 9.59 Å². The maximum atomic E-state index is 14.5. The fourth-order valence-electron chi connectivity index (χ4n) is 3.34. The molecule has 7 heteroatoms. The number of nitrogens with one attached hydrogen (secondary N) is 3. The van der Waals surface area contributed by atoms with E-state index < -0.39 is 17.7 Å². The third-order valence-corrected chi connectivity index (χ3v) is 5.04. The second kappa shape index (κ2) is 9.06. The van der Waals surface area contributed by atoms with Crippen molar-refractivity contribution in [1.29, 1.82) is 0 Å². The number of amides is 1. The molecule has 2 saturated carbocycles. The van der Waals surface area contributed by atoms with Crippen LogP contribution in [0, 0.1) is 11.7 Å². The van der Waals surface area contributed by atoms with Gasteiger partial charge in [0.15, 0.2) is 0 Å². The van der Waals surface area contributed by atoms with Crippen LogP contribution in [0.25, 0.3) is 0 Å². The van der Waals surface area contributed by atoms with E-state index in [0.29, 0.717) is 17.3 Å². The van der Waals surface area contributed by atoms with Crippen molar-refractivity contribution in [2.45, 2.75) is 51.5 Å². The summed E-state index contributed by atoms with van der Waals surface area (Å²) in [4.78, 5) is 24.0. The van der Waals surface area contributed by atoms with Gasteiger partial charge >= 0.3 is 5.97 Å². The van der Waals surface area contributed by atoms with Gasteiger partial charge in [-0.05, 0) is 50.7 Å². The predicted molar refractivity (Wildman–Crippen MR) is 102 cm³/mol. The Hall–Kier alpha value is -2.31. The zero-order chi connectivity index (χ0) is 19.2. The van der Waals surface area contributed by atoms with Crippen LogP contribution in [0.3, 0.4) is 0 Å². The largest absolute Gasteiger partial charge is 0.465 e. The summed E-state index contributed by atoms with van der Waals surface area (Å²) in [6.07, 6.45) is 6.72. The number of benzene rings is 1. The molecule has 0 bridgehead atoms. The molecule has 0 atom stereocenters. The van der Waals surface area contributed by atoms with Gasteiger partial charge in [-0.25, -0.2) is 4.39 Å². The summed E-state index contributed by atoms with van der Waals surface area (Å²) < 4.78 is 19.3. The molecule has 0 aromatic heterocycles. The first-order valence-electron chi connectivity index (χ1n) is 9.84. The fraction of sp³-hybridized carbons (Fsp3) is 0.600. The molecule has 0 heterocycles. The predicted octanol–water partition coefficient (Wildman–Crippen LogP) is 3.30.